The highest BCUT2D eigenvalue weighted by atomic mass is 35.7. The second kappa shape index (κ2) is 6.15. The van der Waals surface area contributed by atoms with Gasteiger partial charge in [-0.2, -0.15) is 8.78 Å². The molecule has 1 atom stereocenters. The Bertz CT molecular complexity index is 170. The van der Waals surface area contributed by atoms with Crippen LogP contribution in [-0.4, -0.2) is 26.1 Å². The van der Waals surface area contributed by atoms with Crippen LogP contribution in [0.3, 0.4) is 0 Å². The number of halogens is 6. The van der Waals surface area contributed by atoms with Crippen molar-refractivity contribution in [3.8, 4) is 0 Å². The van der Waals surface area contributed by atoms with E-state index in [-0.39, 0.29) is 12.5 Å². The largest absolute Gasteiger partial charge is 0.416 e. The van der Waals surface area contributed by atoms with Crippen LogP contribution in [0.4, 0.5) is 17.6 Å². The molecule has 0 aromatic rings. The van der Waals surface area contributed by atoms with Crippen molar-refractivity contribution >= 4 is 29.6 Å². The van der Waals surface area contributed by atoms with Crippen molar-refractivity contribution in [1.29, 1.82) is 0 Å². The van der Waals surface area contributed by atoms with Crippen LogP contribution in [0.25, 0.3) is 0 Å². The zero-order chi connectivity index (χ0) is 11.4. The Morgan fingerprint density at radius 1 is 1.36 bits per heavy atom. The minimum atomic E-state index is -4.42. The molecule has 0 amide bonds. The third kappa shape index (κ3) is 5.38. The molecule has 0 aliphatic carbocycles. The van der Waals surface area contributed by atoms with Gasteiger partial charge >= 0.3 is 12.5 Å². The summed E-state index contributed by atoms with van der Waals surface area (Å²) in [7, 11) is -1.80. The Morgan fingerprint density at radius 3 is 2.14 bits per heavy atom. The molecule has 8 heteroatoms. The summed E-state index contributed by atoms with van der Waals surface area (Å²) >= 11 is 10.8. The van der Waals surface area contributed by atoms with Crippen molar-refractivity contribution in [2.24, 2.45) is 0 Å². The highest BCUT2D eigenvalue weighted by Gasteiger charge is 2.44. The van der Waals surface area contributed by atoms with Crippen LogP contribution in [-0.2, 0) is 4.74 Å². The Hall–Kier alpha value is 0.477. The summed E-state index contributed by atoms with van der Waals surface area (Å²) in [5, 5.41) is 0. The minimum Gasteiger partial charge on any atom is -0.313 e. The topological polar surface area (TPSA) is 9.23 Å². The third-order valence-corrected chi connectivity index (χ3v) is 3.10. The minimum absolute atomic E-state index is 0.00735. The van der Waals surface area contributed by atoms with E-state index in [1.54, 1.807) is 0 Å². The average Bonchev–Trinajstić information content (AvgIpc) is 2.01. The summed E-state index contributed by atoms with van der Waals surface area (Å²) in [4.78, 5) is 0. The molecular formula is C6H9Cl2F4OSi. The number of alkyl halides is 4. The molecule has 0 fully saturated rings. The predicted molar refractivity (Wildman–Crippen MR) is 48.4 cm³/mol. The monoisotopic (exact) mass is 271 g/mol. The Balaban J connectivity index is 4.16. The second-order valence-corrected chi connectivity index (χ2v) is 6.96. The van der Waals surface area contributed by atoms with Crippen molar-refractivity contribution < 1.29 is 22.3 Å². The number of ether oxygens (including phenoxy) is 1. The summed E-state index contributed by atoms with van der Waals surface area (Å²) in [5.74, 6) is 0. The van der Waals surface area contributed by atoms with Crippen LogP contribution in [0.5, 0.6) is 0 Å². The molecule has 0 aliphatic rings. The van der Waals surface area contributed by atoms with Gasteiger partial charge in [-0.05, 0) is 12.5 Å². The Labute approximate surface area is 90.3 Å². The smallest absolute Gasteiger partial charge is 0.313 e. The lowest BCUT2D eigenvalue weighted by Gasteiger charge is -2.22. The fourth-order valence-electron chi connectivity index (χ4n) is 0.715. The lowest BCUT2D eigenvalue weighted by atomic mass is 10.3. The molecule has 0 saturated carbocycles. The van der Waals surface area contributed by atoms with E-state index in [9.17, 15) is 17.6 Å². The van der Waals surface area contributed by atoms with Gasteiger partial charge in [0.2, 0.25) is 0 Å². The number of hydrogen-bond donors (Lipinski definition) is 0. The van der Waals surface area contributed by atoms with Gasteiger partial charge in [-0.15, -0.1) is 22.2 Å². The molecule has 0 saturated heterocycles. The molecular weight excluding hydrogens is 263 g/mol. The highest BCUT2D eigenvalue weighted by Crippen LogP contribution is 2.28. The van der Waals surface area contributed by atoms with Crippen LogP contribution in [0.1, 0.15) is 13.3 Å². The van der Waals surface area contributed by atoms with Gasteiger partial charge in [0.25, 0.3) is 7.42 Å². The maximum Gasteiger partial charge on any atom is 0.416 e. The quantitative estimate of drug-likeness (QED) is 0.408. The summed E-state index contributed by atoms with van der Waals surface area (Å²) in [5.41, 5.74) is 0. The molecule has 0 aromatic heterocycles. The molecule has 0 N–H and O–H groups in total. The van der Waals surface area contributed by atoms with E-state index in [1.165, 1.54) is 6.92 Å². The standard InChI is InChI=1S/C6H9Cl2F4OSi/c1-2-4(3-14(7)8)13-6(11,12)5(9)10/h4-5H,2-3H2,1H3. The van der Waals surface area contributed by atoms with Crippen LogP contribution in [0.15, 0.2) is 0 Å². The van der Waals surface area contributed by atoms with Crippen LogP contribution in [0, 0.1) is 0 Å². The van der Waals surface area contributed by atoms with Gasteiger partial charge in [-0.25, -0.2) is 8.78 Å². The van der Waals surface area contributed by atoms with Gasteiger partial charge < -0.3 is 4.74 Å². The number of rotatable bonds is 6. The van der Waals surface area contributed by atoms with Gasteiger partial charge in [0, 0.05) is 0 Å². The third-order valence-electron chi connectivity index (χ3n) is 1.42. The molecule has 0 aliphatic heterocycles. The molecule has 0 heterocycles. The SMILES string of the molecule is CCC(C[Si](Cl)Cl)OC(F)(F)C(F)F. The van der Waals surface area contributed by atoms with Crippen LogP contribution < -0.4 is 0 Å². The maximum atomic E-state index is 12.4. The number of hydrogen-bond acceptors (Lipinski definition) is 1. The lowest BCUT2D eigenvalue weighted by molar-refractivity contribution is -0.316. The van der Waals surface area contributed by atoms with Gasteiger partial charge in [-0.1, -0.05) is 6.92 Å². The van der Waals surface area contributed by atoms with Crippen molar-refractivity contribution in [2.45, 2.75) is 38.0 Å². The molecule has 0 rings (SSSR count). The first-order valence-electron chi connectivity index (χ1n) is 3.80. The second-order valence-electron chi connectivity index (χ2n) is 2.55. The first-order chi connectivity index (χ1) is 6.29. The van der Waals surface area contributed by atoms with E-state index in [0.29, 0.717) is 0 Å². The van der Waals surface area contributed by atoms with Crippen LogP contribution >= 0.6 is 22.2 Å². The lowest BCUT2D eigenvalue weighted by Crippen LogP contribution is -2.35. The van der Waals surface area contributed by atoms with Gasteiger partial charge in [0.1, 0.15) is 0 Å². The zero-order valence-corrected chi connectivity index (χ0v) is 9.76. The predicted octanol–water partition coefficient (Wildman–Crippen LogP) is 3.61. The van der Waals surface area contributed by atoms with Crippen LogP contribution in [0.2, 0.25) is 6.04 Å². The molecule has 14 heavy (non-hydrogen) atoms. The molecule has 0 bridgehead atoms. The first kappa shape index (κ1) is 14.5. The molecule has 85 valence electrons. The molecule has 1 nitrogen and oxygen atoms in total. The van der Waals surface area contributed by atoms with Gasteiger partial charge in [0.05, 0.1) is 6.10 Å². The molecule has 0 spiro atoms. The highest BCUT2D eigenvalue weighted by molar-refractivity contribution is 7.33. The van der Waals surface area contributed by atoms with E-state index in [2.05, 4.69) is 4.74 Å². The first-order valence-corrected chi connectivity index (χ1v) is 7.53. The van der Waals surface area contributed by atoms with Crippen molar-refractivity contribution in [2.75, 3.05) is 0 Å². The average molecular weight is 272 g/mol. The fraction of sp³-hybridized carbons (Fsp3) is 1.00. The van der Waals surface area contributed by atoms with E-state index in [1.807, 2.05) is 0 Å². The molecule has 1 unspecified atom stereocenters. The van der Waals surface area contributed by atoms with Crippen molar-refractivity contribution in [3.05, 3.63) is 0 Å². The van der Waals surface area contributed by atoms with E-state index in [0.717, 1.165) is 0 Å². The van der Waals surface area contributed by atoms with E-state index in [4.69, 9.17) is 22.2 Å². The van der Waals surface area contributed by atoms with Gasteiger partial charge in [0.15, 0.2) is 0 Å². The van der Waals surface area contributed by atoms with E-state index >= 15 is 0 Å². The summed E-state index contributed by atoms with van der Waals surface area (Å²) in [6, 6.07) is -0.00735. The zero-order valence-electron chi connectivity index (χ0n) is 7.24. The molecule has 1 radical (unpaired) electrons. The summed E-state index contributed by atoms with van der Waals surface area (Å²) in [6.07, 6.45) is -9.12. The Kier molecular flexibility index (Phi) is 6.35. The normalized spacial score (nSPS) is 15.2. The Morgan fingerprint density at radius 2 is 1.86 bits per heavy atom. The van der Waals surface area contributed by atoms with E-state index < -0.39 is 26.1 Å². The summed E-state index contributed by atoms with van der Waals surface area (Å²) < 4.78 is 52.1. The van der Waals surface area contributed by atoms with Gasteiger partial charge in [-0.3, -0.25) is 0 Å². The maximum absolute atomic E-state index is 12.4. The molecule has 0 aromatic carbocycles. The van der Waals surface area contributed by atoms with Crippen molar-refractivity contribution in [3.63, 3.8) is 0 Å². The summed E-state index contributed by atoms with van der Waals surface area (Å²) in [6.45, 7) is 1.53. The fourth-order valence-corrected chi connectivity index (χ4v) is 2.46. The van der Waals surface area contributed by atoms with Crippen molar-refractivity contribution in [1.82, 2.24) is 0 Å².